The Labute approximate surface area is 102 Å². The standard InChI is InChI=1S/C11H16ClNO2S/c1-8(2)9(3)13-16(14,15)11-6-4-5-10(12)7-11/h4-9,13H,1-3H3. The topological polar surface area (TPSA) is 46.2 Å². The zero-order chi connectivity index (χ0) is 12.3. The van der Waals surface area contributed by atoms with Gasteiger partial charge in [0.15, 0.2) is 0 Å². The average molecular weight is 262 g/mol. The van der Waals surface area contributed by atoms with E-state index in [0.29, 0.717) is 5.02 Å². The van der Waals surface area contributed by atoms with Gasteiger partial charge in [0.2, 0.25) is 10.0 Å². The van der Waals surface area contributed by atoms with Crippen LogP contribution in [-0.2, 0) is 10.0 Å². The Morgan fingerprint density at radius 2 is 1.88 bits per heavy atom. The molecule has 0 aliphatic rings. The third-order valence-corrected chi connectivity index (χ3v) is 4.24. The van der Waals surface area contributed by atoms with Gasteiger partial charge in [0.05, 0.1) is 4.90 Å². The molecule has 90 valence electrons. The van der Waals surface area contributed by atoms with E-state index in [2.05, 4.69) is 4.72 Å². The van der Waals surface area contributed by atoms with Crippen LogP contribution in [0.15, 0.2) is 29.2 Å². The normalized spacial score (nSPS) is 14.1. The number of rotatable bonds is 4. The summed E-state index contributed by atoms with van der Waals surface area (Å²) in [4.78, 5) is 0.201. The van der Waals surface area contributed by atoms with Gasteiger partial charge in [-0.1, -0.05) is 31.5 Å². The summed E-state index contributed by atoms with van der Waals surface area (Å²) in [5.74, 6) is 0.244. The molecule has 1 atom stereocenters. The van der Waals surface area contributed by atoms with Gasteiger partial charge in [-0.25, -0.2) is 13.1 Å². The molecule has 0 aliphatic carbocycles. The van der Waals surface area contributed by atoms with Gasteiger partial charge in [-0.3, -0.25) is 0 Å². The second kappa shape index (κ2) is 5.17. The Hall–Kier alpha value is -0.580. The molecular weight excluding hydrogens is 246 g/mol. The van der Waals surface area contributed by atoms with Gasteiger partial charge in [-0.05, 0) is 31.0 Å². The molecule has 0 fully saturated rings. The Balaban J connectivity index is 2.95. The van der Waals surface area contributed by atoms with Crippen molar-refractivity contribution in [3.05, 3.63) is 29.3 Å². The van der Waals surface area contributed by atoms with E-state index in [1.165, 1.54) is 12.1 Å². The second-order valence-electron chi connectivity index (χ2n) is 4.11. The van der Waals surface area contributed by atoms with Crippen molar-refractivity contribution >= 4 is 21.6 Å². The molecule has 0 aromatic heterocycles. The number of benzene rings is 1. The largest absolute Gasteiger partial charge is 0.240 e. The smallest absolute Gasteiger partial charge is 0.208 e. The minimum Gasteiger partial charge on any atom is -0.208 e. The Kier molecular flexibility index (Phi) is 4.35. The van der Waals surface area contributed by atoms with Crippen molar-refractivity contribution < 1.29 is 8.42 Å². The van der Waals surface area contributed by atoms with Crippen molar-refractivity contribution in [2.24, 2.45) is 5.92 Å². The fourth-order valence-electron chi connectivity index (χ4n) is 1.08. The molecule has 16 heavy (non-hydrogen) atoms. The fourth-order valence-corrected chi connectivity index (χ4v) is 2.78. The van der Waals surface area contributed by atoms with Crippen LogP contribution in [0.1, 0.15) is 20.8 Å². The summed E-state index contributed by atoms with van der Waals surface area (Å²) in [7, 11) is -3.46. The minimum absolute atomic E-state index is 0.107. The van der Waals surface area contributed by atoms with E-state index in [4.69, 9.17) is 11.6 Å². The van der Waals surface area contributed by atoms with Crippen molar-refractivity contribution in [3.63, 3.8) is 0 Å². The lowest BCUT2D eigenvalue weighted by atomic mass is 10.1. The maximum Gasteiger partial charge on any atom is 0.240 e. The zero-order valence-electron chi connectivity index (χ0n) is 9.57. The van der Waals surface area contributed by atoms with Crippen LogP contribution in [0, 0.1) is 5.92 Å². The van der Waals surface area contributed by atoms with E-state index in [9.17, 15) is 8.42 Å². The lowest BCUT2D eigenvalue weighted by Crippen LogP contribution is -2.36. The van der Waals surface area contributed by atoms with Crippen molar-refractivity contribution in [3.8, 4) is 0 Å². The first-order valence-electron chi connectivity index (χ1n) is 5.11. The third-order valence-electron chi connectivity index (χ3n) is 2.45. The van der Waals surface area contributed by atoms with Crippen LogP contribution in [0.25, 0.3) is 0 Å². The molecule has 1 unspecified atom stereocenters. The van der Waals surface area contributed by atoms with E-state index < -0.39 is 10.0 Å². The van der Waals surface area contributed by atoms with Gasteiger partial charge in [0.25, 0.3) is 0 Å². The zero-order valence-corrected chi connectivity index (χ0v) is 11.1. The molecule has 5 heteroatoms. The van der Waals surface area contributed by atoms with Crippen molar-refractivity contribution in [2.45, 2.75) is 31.7 Å². The first-order chi connectivity index (χ1) is 7.33. The molecule has 0 aliphatic heterocycles. The molecule has 0 spiro atoms. The number of hydrogen-bond acceptors (Lipinski definition) is 2. The molecule has 0 saturated carbocycles. The van der Waals surface area contributed by atoms with Gasteiger partial charge >= 0.3 is 0 Å². The van der Waals surface area contributed by atoms with Crippen LogP contribution >= 0.6 is 11.6 Å². The van der Waals surface area contributed by atoms with Crippen LogP contribution in [0.3, 0.4) is 0 Å². The Morgan fingerprint density at radius 1 is 1.25 bits per heavy atom. The SMILES string of the molecule is CC(C)C(C)NS(=O)(=O)c1cccc(Cl)c1. The highest BCUT2D eigenvalue weighted by atomic mass is 35.5. The summed E-state index contributed by atoms with van der Waals surface area (Å²) in [5.41, 5.74) is 0. The summed E-state index contributed by atoms with van der Waals surface area (Å²) < 4.78 is 26.5. The highest BCUT2D eigenvalue weighted by molar-refractivity contribution is 7.89. The molecule has 0 amide bonds. The summed E-state index contributed by atoms with van der Waals surface area (Å²) in [5, 5.41) is 0.417. The molecule has 1 aromatic rings. The van der Waals surface area contributed by atoms with Crippen LogP contribution in [0.2, 0.25) is 5.02 Å². The van der Waals surface area contributed by atoms with Crippen molar-refractivity contribution in [1.29, 1.82) is 0 Å². The maximum absolute atomic E-state index is 11.9. The van der Waals surface area contributed by atoms with Crippen LogP contribution in [0.5, 0.6) is 0 Å². The molecular formula is C11H16ClNO2S. The summed E-state index contributed by atoms with van der Waals surface area (Å²) in [6.45, 7) is 5.77. The number of halogens is 1. The molecule has 1 N–H and O–H groups in total. The molecule has 0 bridgehead atoms. The predicted molar refractivity (Wildman–Crippen MR) is 66.1 cm³/mol. The fraction of sp³-hybridized carbons (Fsp3) is 0.455. The van der Waals surface area contributed by atoms with Crippen LogP contribution in [0.4, 0.5) is 0 Å². The first-order valence-corrected chi connectivity index (χ1v) is 6.97. The highest BCUT2D eigenvalue weighted by Gasteiger charge is 2.19. The molecule has 0 radical (unpaired) electrons. The summed E-state index contributed by atoms with van der Waals surface area (Å²) >= 11 is 5.76. The van der Waals surface area contributed by atoms with Gasteiger partial charge in [-0.2, -0.15) is 0 Å². The van der Waals surface area contributed by atoms with E-state index in [0.717, 1.165) is 0 Å². The van der Waals surface area contributed by atoms with E-state index in [1.807, 2.05) is 20.8 Å². The second-order valence-corrected chi connectivity index (χ2v) is 6.26. The van der Waals surface area contributed by atoms with Gasteiger partial charge < -0.3 is 0 Å². The van der Waals surface area contributed by atoms with E-state index >= 15 is 0 Å². The minimum atomic E-state index is -3.46. The molecule has 1 aromatic carbocycles. The molecule has 0 saturated heterocycles. The average Bonchev–Trinajstić information content (AvgIpc) is 2.17. The first kappa shape index (κ1) is 13.5. The molecule has 1 rings (SSSR count). The Morgan fingerprint density at radius 3 is 2.38 bits per heavy atom. The maximum atomic E-state index is 11.9. The van der Waals surface area contributed by atoms with Crippen LogP contribution in [-0.4, -0.2) is 14.5 Å². The summed E-state index contributed by atoms with van der Waals surface area (Å²) in [6, 6.07) is 6.13. The van der Waals surface area contributed by atoms with Crippen molar-refractivity contribution in [2.75, 3.05) is 0 Å². The third kappa shape index (κ3) is 3.47. The molecule has 3 nitrogen and oxygen atoms in total. The van der Waals surface area contributed by atoms with Gasteiger partial charge in [-0.15, -0.1) is 0 Å². The lowest BCUT2D eigenvalue weighted by Gasteiger charge is -2.17. The van der Waals surface area contributed by atoms with Crippen LogP contribution < -0.4 is 4.72 Å². The molecule has 0 heterocycles. The predicted octanol–water partition coefficient (Wildman–Crippen LogP) is 2.66. The number of sulfonamides is 1. The van der Waals surface area contributed by atoms with Gasteiger partial charge in [0.1, 0.15) is 0 Å². The highest BCUT2D eigenvalue weighted by Crippen LogP contribution is 2.16. The van der Waals surface area contributed by atoms with Gasteiger partial charge in [0, 0.05) is 11.1 Å². The summed E-state index contributed by atoms with van der Waals surface area (Å²) in [6.07, 6.45) is 0. The lowest BCUT2D eigenvalue weighted by molar-refractivity contribution is 0.476. The van der Waals surface area contributed by atoms with Crippen molar-refractivity contribution in [1.82, 2.24) is 4.72 Å². The Bertz CT molecular complexity index is 457. The number of nitrogens with one attached hydrogen (secondary N) is 1. The number of hydrogen-bond donors (Lipinski definition) is 1. The quantitative estimate of drug-likeness (QED) is 0.906. The van der Waals surface area contributed by atoms with E-state index in [1.54, 1.807) is 12.1 Å². The monoisotopic (exact) mass is 261 g/mol. The van der Waals surface area contributed by atoms with E-state index in [-0.39, 0.29) is 16.9 Å².